The lowest BCUT2D eigenvalue weighted by atomic mass is 10.3. The minimum atomic E-state index is 0.109. The smallest absolute Gasteiger partial charge is 0.196 e. The Morgan fingerprint density at radius 3 is 2.67 bits per heavy atom. The van der Waals surface area contributed by atoms with Gasteiger partial charge in [0.1, 0.15) is 0 Å². The quantitative estimate of drug-likeness (QED) is 0.517. The van der Waals surface area contributed by atoms with Gasteiger partial charge in [0.2, 0.25) is 0 Å². The van der Waals surface area contributed by atoms with Crippen LogP contribution in [0.25, 0.3) is 10.8 Å². The van der Waals surface area contributed by atoms with E-state index in [2.05, 4.69) is 0 Å². The third-order valence-corrected chi connectivity index (χ3v) is 1.51. The van der Waals surface area contributed by atoms with Crippen molar-refractivity contribution < 1.29 is 0 Å². The Bertz CT molecular complexity index is 368. The van der Waals surface area contributed by atoms with E-state index in [0.717, 1.165) is 10.8 Å². The predicted molar refractivity (Wildman–Crippen MR) is 37.0 cm³/mol. The van der Waals surface area contributed by atoms with Gasteiger partial charge in [0.15, 0.2) is 5.43 Å². The third kappa shape index (κ3) is 0.421. The zero-order chi connectivity index (χ0) is 6.43. The summed E-state index contributed by atoms with van der Waals surface area (Å²) in [6, 6.07) is 5.32. The maximum absolute atomic E-state index is 10.7. The largest absolute Gasteiger partial charge is 0.398 e. The van der Waals surface area contributed by atoms with Crippen LogP contribution < -0.4 is 11.2 Å². The SMILES string of the molecule is Nc1cccc2c(=O)c12. The molecule has 0 aliphatic carbocycles. The minimum Gasteiger partial charge on any atom is -0.398 e. The first-order valence-electron chi connectivity index (χ1n) is 2.74. The van der Waals surface area contributed by atoms with Gasteiger partial charge in [0, 0.05) is 11.1 Å². The van der Waals surface area contributed by atoms with Gasteiger partial charge in [-0.1, -0.05) is 12.1 Å². The fourth-order valence-corrected chi connectivity index (χ4v) is 0.961. The molecule has 2 heteroatoms. The van der Waals surface area contributed by atoms with Crippen molar-refractivity contribution >= 4 is 16.5 Å². The van der Waals surface area contributed by atoms with Gasteiger partial charge in [-0.25, -0.2) is 0 Å². The van der Waals surface area contributed by atoms with Gasteiger partial charge in [0.05, 0.1) is 5.39 Å². The lowest BCUT2D eigenvalue weighted by Crippen LogP contribution is -1.81. The number of anilines is 1. The summed E-state index contributed by atoms with van der Waals surface area (Å²) in [6.07, 6.45) is 0. The van der Waals surface area contributed by atoms with E-state index in [9.17, 15) is 4.79 Å². The highest BCUT2D eigenvalue weighted by Gasteiger charge is 2.12. The first kappa shape index (κ1) is 4.56. The van der Waals surface area contributed by atoms with E-state index < -0.39 is 0 Å². The van der Waals surface area contributed by atoms with Crippen molar-refractivity contribution in [3.63, 3.8) is 0 Å². The van der Waals surface area contributed by atoms with Gasteiger partial charge in [-0.15, -0.1) is 0 Å². The van der Waals surface area contributed by atoms with E-state index >= 15 is 0 Å². The van der Waals surface area contributed by atoms with E-state index in [1.54, 1.807) is 18.2 Å². The molecule has 0 fully saturated rings. The molecule has 2 N–H and O–H groups in total. The summed E-state index contributed by atoms with van der Waals surface area (Å²) in [7, 11) is 0. The first-order valence-corrected chi connectivity index (χ1v) is 2.74. The summed E-state index contributed by atoms with van der Waals surface area (Å²) < 4.78 is 0. The Morgan fingerprint density at radius 1 is 1.33 bits per heavy atom. The van der Waals surface area contributed by atoms with Gasteiger partial charge in [-0.3, -0.25) is 4.79 Å². The fraction of sp³-hybridized carbons (Fsp3) is 0. The van der Waals surface area contributed by atoms with Crippen LogP contribution in [-0.2, 0) is 0 Å². The molecule has 2 aromatic rings. The van der Waals surface area contributed by atoms with E-state index in [1.807, 2.05) is 0 Å². The Balaban J connectivity index is 2.98. The summed E-state index contributed by atoms with van der Waals surface area (Å²) in [5.74, 6) is 0. The van der Waals surface area contributed by atoms with Crippen molar-refractivity contribution in [1.29, 1.82) is 0 Å². The molecule has 0 aromatic heterocycles. The highest BCUT2D eigenvalue weighted by Crippen LogP contribution is 2.20. The number of nitrogens with two attached hydrogens (primary N) is 1. The van der Waals surface area contributed by atoms with E-state index in [1.165, 1.54) is 0 Å². The van der Waals surface area contributed by atoms with Crippen LogP contribution in [0.2, 0.25) is 0 Å². The van der Waals surface area contributed by atoms with E-state index in [4.69, 9.17) is 5.73 Å². The molecule has 0 aliphatic rings. The zero-order valence-electron chi connectivity index (χ0n) is 4.72. The molecular formula is C7H5NO. The highest BCUT2D eigenvalue weighted by molar-refractivity contribution is 6.05. The van der Waals surface area contributed by atoms with Crippen LogP contribution in [0.15, 0.2) is 23.0 Å². The number of fused-ring (bicyclic) bond motifs is 1. The van der Waals surface area contributed by atoms with Gasteiger partial charge >= 0.3 is 0 Å². The summed E-state index contributed by atoms with van der Waals surface area (Å²) in [4.78, 5) is 10.7. The molecule has 0 atom stereocenters. The van der Waals surface area contributed by atoms with Crippen LogP contribution >= 0.6 is 0 Å². The van der Waals surface area contributed by atoms with Crippen LogP contribution in [0.3, 0.4) is 0 Å². The predicted octanol–water partition coefficient (Wildman–Crippen LogP) is 0.658. The second kappa shape index (κ2) is 1.16. The second-order valence-corrected chi connectivity index (χ2v) is 2.10. The Kier molecular flexibility index (Phi) is 0.585. The van der Waals surface area contributed by atoms with Crippen molar-refractivity contribution in [2.45, 2.75) is 0 Å². The number of hydrogen-bond acceptors (Lipinski definition) is 2. The van der Waals surface area contributed by atoms with Crippen molar-refractivity contribution in [2.75, 3.05) is 5.73 Å². The van der Waals surface area contributed by atoms with Crippen LogP contribution in [0, 0.1) is 0 Å². The first-order chi connectivity index (χ1) is 4.30. The second-order valence-electron chi connectivity index (χ2n) is 2.10. The molecular weight excluding hydrogens is 114 g/mol. The molecule has 2 rings (SSSR count). The molecule has 0 bridgehead atoms. The molecule has 0 saturated heterocycles. The van der Waals surface area contributed by atoms with Crippen LogP contribution in [0.5, 0.6) is 0 Å². The summed E-state index contributed by atoms with van der Waals surface area (Å²) >= 11 is 0. The number of rotatable bonds is 0. The van der Waals surface area contributed by atoms with Crippen molar-refractivity contribution in [2.24, 2.45) is 0 Å². The molecule has 0 aliphatic heterocycles. The zero-order valence-corrected chi connectivity index (χ0v) is 4.72. The average molecular weight is 119 g/mol. The van der Waals surface area contributed by atoms with Crippen molar-refractivity contribution in [3.05, 3.63) is 28.4 Å². The molecule has 0 heterocycles. The molecule has 2 nitrogen and oxygen atoms in total. The topological polar surface area (TPSA) is 43.1 Å². The van der Waals surface area contributed by atoms with Gasteiger partial charge in [0.25, 0.3) is 0 Å². The standard InChI is InChI=1S/C7H5NO/c8-5-3-1-2-4-6(5)7(4)9/h1-3H,8H2. The molecule has 0 radical (unpaired) electrons. The summed E-state index contributed by atoms with van der Waals surface area (Å²) in [6.45, 7) is 0. The molecule has 0 saturated carbocycles. The van der Waals surface area contributed by atoms with E-state index in [0.29, 0.717) is 5.69 Å². The minimum absolute atomic E-state index is 0.109. The Morgan fingerprint density at radius 2 is 2.11 bits per heavy atom. The molecule has 0 amide bonds. The number of hydrogen-bond donors (Lipinski definition) is 1. The molecule has 0 unspecified atom stereocenters. The Labute approximate surface area is 51.6 Å². The Hall–Kier alpha value is -1.31. The van der Waals surface area contributed by atoms with Crippen molar-refractivity contribution in [1.82, 2.24) is 0 Å². The van der Waals surface area contributed by atoms with Gasteiger partial charge in [-0.05, 0) is 6.07 Å². The molecule has 2 aromatic carbocycles. The maximum atomic E-state index is 10.7. The monoisotopic (exact) mass is 119 g/mol. The lowest BCUT2D eigenvalue weighted by molar-refractivity contribution is 1.83. The normalized spacial score (nSPS) is 11.1. The van der Waals surface area contributed by atoms with Crippen molar-refractivity contribution in [3.8, 4) is 0 Å². The summed E-state index contributed by atoms with van der Waals surface area (Å²) in [5.41, 5.74) is 6.16. The maximum Gasteiger partial charge on any atom is 0.196 e. The molecule has 9 heavy (non-hydrogen) atoms. The average Bonchev–Trinajstić information content (AvgIpc) is 2.45. The number of benzene rings is 1. The van der Waals surface area contributed by atoms with Gasteiger partial charge in [-0.2, -0.15) is 0 Å². The van der Waals surface area contributed by atoms with E-state index in [-0.39, 0.29) is 5.43 Å². The molecule has 44 valence electrons. The summed E-state index contributed by atoms with van der Waals surface area (Å²) in [5, 5.41) is 1.51. The number of nitrogen functional groups attached to an aromatic ring is 1. The lowest BCUT2D eigenvalue weighted by Gasteiger charge is -1.81. The highest BCUT2D eigenvalue weighted by atomic mass is 16.1. The van der Waals surface area contributed by atoms with Crippen LogP contribution in [0.1, 0.15) is 0 Å². The molecule has 0 spiro atoms. The van der Waals surface area contributed by atoms with Crippen LogP contribution in [-0.4, -0.2) is 0 Å². The van der Waals surface area contributed by atoms with Gasteiger partial charge < -0.3 is 5.73 Å². The fourth-order valence-electron chi connectivity index (χ4n) is 0.961. The van der Waals surface area contributed by atoms with Crippen LogP contribution in [0.4, 0.5) is 5.69 Å². The third-order valence-electron chi connectivity index (χ3n) is 1.51.